The lowest BCUT2D eigenvalue weighted by molar-refractivity contribution is -0.179. The molecule has 11 heteroatoms. The molecular formula is C24H25F5N4O2. The Morgan fingerprint density at radius 3 is 2.20 bits per heavy atom. The number of hydrogen-bond donors (Lipinski definition) is 3. The Morgan fingerprint density at radius 2 is 1.66 bits per heavy atom. The number of hydrogen-bond acceptors (Lipinski definition) is 4. The summed E-state index contributed by atoms with van der Waals surface area (Å²) in [6, 6.07) is 9.08. The molecule has 2 saturated heterocycles. The number of nitrogens with zero attached hydrogens (tertiary/aromatic N) is 1. The Kier molecular flexibility index (Phi) is 7.13. The molecule has 2 aliphatic rings. The van der Waals surface area contributed by atoms with Gasteiger partial charge in [-0.25, -0.2) is 8.78 Å². The van der Waals surface area contributed by atoms with Crippen LogP contribution < -0.4 is 20.9 Å². The summed E-state index contributed by atoms with van der Waals surface area (Å²) in [6.45, 7) is 0.449. The number of halogens is 5. The predicted octanol–water partition coefficient (Wildman–Crippen LogP) is 4.24. The number of piperidine rings is 1. The summed E-state index contributed by atoms with van der Waals surface area (Å²) >= 11 is 0. The van der Waals surface area contributed by atoms with Crippen molar-refractivity contribution in [3.05, 3.63) is 53.6 Å². The second-order valence-electron chi connectivity index (χ2n) is 8.84. The minimum atomic E-state index is -4.30. The number of alkyl halides is 3. The number of carbonyl (C=O) groups excluding carboxylic acids is 2. The van der Waals surface area contributed by atoms with Crippen molar-refractivity contribution in [2.75, 3.05) is 29.9 Å². The summed E-state index contributed by atoms with van der Waals surface area (Å²) in [4.78, 5) is 24.6. The van der Waals surface area contributed by atoms with Crippen LogP contribution in [0.2, 0.25) is 0 Å². The normalized spacial score (nSPS) is 18.9. The molecule has 0 saturated carbocycles. The first-order valence-electron chi connectivity index (χ1n) is 11.3. The molecule has 2 fully saturated rings. The number of nitrogens with one attached hydrogen (secondary N) is 3. The fourth-order valence-electron chi connectivity index (χ4n) is 4.37. The molecule has 2 aromatic rings. The maximum absolute atomic E-state index is 14.7. The lowest BCUT2D eigenvalue weighted by Crippen LogP contribution is -2.39. The minimum absolute atomic E-state index is 0.0731. The largest absolute Gasteiger partial charge is 0.391 e. The zero-order valence-electron chi connectivity index (χ0n) is 18.7. The Balaban J connectivity index is 1.34. The monoisotopic (exact) mass is 496 g/mol. The number of amides is 2. The van der Waals surface area contributed by atoms with Crippen molar-refractivity contribution in [2.45, 2.75) is 32.0 Å². The number of anilines is 3. The fourth-order valence-corrected chi connectivity index (χ4v) is 4.37. The average molecular weight is 496 g/mol. The molecule has 2 heterocycles. The highest BCUT2D eigenvalue weighted by Crippen LogP contribution is 2.37. The number of carbonyl (C=O) groups is 2. The van der Waals surface area contributed by atoms with E-state index in [0.29, 0.717) is 12.2 Å². The highest BCUT2D eigenvalue weighted by Gasteiger charge is 2.41. The molecule has 0 radical (unpaired) electrons. The standard InChI is InChI=1S/C24H25F5N4O2/c25-19-10-18(11-20(26)22(19)33-7-5-16(6-8-33)24(27,28)29)32-17-3-1-14(2-4-17)12-31-23(35)15-9-21(34)30-13-15/h1-4,10-11,15-16,32H,5-9,12-13H2,(H,30,34)(H,31,35). The van der Waals surface area contributed by atoms with Crippen LogP contribution in [0.1, 0.15) is 24.8 Å². The van der Waals surface area contributed by atoms with Crippen molar-refractivity contribution < 1.29 is 31.5 Å². The molecule has 1 unspecified atom stereocenters. The SMILES string of the molecule is O=C1CC(C(=O)NCc2ccc(Nc3cc(F)c(N4CCC(C(F)(F)F)CC4)c(F)c3)cc2)CN1. The Hall–Kier alpha value is -3.37. The molecule has 3 N–H and O–H groups in total. The first-order valence-corrected chi connectivity index (χ1v) is 11.3. The van der Waals surface area contributed by atoms with Gasteiger partial charge in [0, 0.05) is 44.0 Å². The van der Waals surface area contributed by atoms with E-state index in [1.165, 1.54) is 4.90 Å². The second kappa shape index (κ2) is 10.1. The molecule has 2 aliphatic heterocycles. The van der Waals surface area contributed by atoms with E-state index in [1.54, 1.807) is 24.3 Å². The Morgan fingerprint density at radius 1 is 1.03 bits per heavy atom. The third-order valence-corrected chi connectivity index (χ3v) is 6.35. The molecule has 0 bridgehead atoms. The summed E-state index contributed by atoms with van der Waals surface area (Å²) in [5.74, 6) is -3.89. The van der Waals surface area contributed by atoms with Crippen molar-refractivity contribution in [3.8, 4) is 0 Å². The second-order valence-corrected chi connectivity index (χ2v) is 8.84. The van der Waals surface area contributed by atoms with E-state index in [0.717, 1.165) is 17.7 Å². The summed E-state index contributed by atoms with van der Waals surface area (Å²) in [5, 5.41) is 8.29. The molecule has 2 aromatic carbocycles. The fraction of sp³-hybridized carbons (Fsp3) is 0.417. The molecular weight excluding hydrogens is 471 g/mol. The van der Waals surface area contributed by atoms with Crippen molar-refractivity contribution in [1.82, 2.24) is 10.6 Å². The molecule has 2 amide bonds. The van der Waals surface area contributed by atoms with Gasteiger partial charge >= 0.3 is 6.18 Å². The number of benzene rings is 2. The Labute approximate surface area is 198 Å². The van der Waals surface area contributed by atoms with Gasteiger partial charge in [-0.2, -0.15) is 13.2 Å². The van der Waals surface area contributed by atoms with Crippen LogP contribution in [-0.2, 0) is 16.1 Å². The predicted molar refractivity (Wildman–Crippen MR) is 120 cm³/mol. The van der Waals surface area contributed by atoms with Crippen LogP contribution in [0.4, 0.5) is 39.0 Å². The van der Waals surface area contributed by atoms with Gasteiger partial charge in [0.05, 0.1) is 11.8 Å². The van der Waals surface area contributed by atoms with Gasteiger partial charge in [0.25, 0.3) is 0 Å². The van der Waals surface area contributed by atoms with E-state index < -0.39 is 23.7 Å². The van der Waals surface area contributed by atoms with Crippen molar-refractivity contribution in [2.24, 2.45) is 11.8 Å². The van der Waals surface area contributed by atoms with Gasteiger partial charge in [-0.05, 0) is 42.7 Å². The van der Waals surface area contributed by atoms with E-state index in [2.05, 4.69) is 16.0 Å². The summed E-state index contributed by atoms with van der Waals surface area (Å²) < 4.78 is 68.0. The van der Waals surface area contributed by atoms with Crippen LogP contribution >= 0.6 is 0 Å². The van der Waals surface area contributed by atoms with Crippen LogP contribution in [0.5, 0.6) is 0 Å². The van der Waals surface area contributed by atoms with E-state index in [1.807, 2.05) is 0 Å². The third kappa shape index (κ3) is 6.01. The average Bonchev–Trinajstić information content (AvgIpc) is 3.24. The van der Waals surface area contributed by atoms with Crippen LogP contribution in [0.3, 0.4) is 0 Å². The van der Waals surface area contributed by atoms with Crippen LogP contribution in [0.25, 0.3) is 0 Å². The van der Waals surface area contributed by atoms with Gasteiger partial charge in [0.15, 0.2) is 11.6 Å². The zero-order valence-corrected chi connectivity index (χ0v) is 18.7. The van der Waals surface area contributed by atoms with Gasteiger partial charge in [0.1, 0.15) is 5.69 Å². The van der Waals surface area contributed by atoms with Crippen LogP contribution in [0.15, 0.2) is 36.4 Å². The van der Waals surface area contributed by atoms with E-state index in [-0.39, 0.29) is 68.0 Å². The van der Waals surface area contributed by atoms with Gasteiger partial charge in [0.2, 0.25) is 11.8 Å². The van der Waals surface area contributed by atoms with Crippen molar-refractivity contribution in [3.63, 3.8) is 0 Å². The zero-order chi connectivity index (χ0) is 25.2. The third-order valence-electron chi connectivity index (χ3n) is 6.35. The summed E-state index contributed by atoms with van der Waals surface area (Å²) in [5.41, 5.74) is 1.20. The first kappa shape index (κ1) is 24.7. The molecule has 35 heavy (non-hydrogen) atoms. The molecule has 4 rings (SSSR count). The lowest BCUT2D eigenvalue weighted by Gasteiger charge is -2.34. The summed E-state index contributed by atoms with van der Waals surface area (Å²) in [6.07, 6.45) is -4.53. The Bertz CT molecular complexity index is 1060. The first-order chi connectivity index (χ1) is 16.6. The molecule has 188 valence electrons. The topological polar surface area (TPSA) is 73.5 Å². The highest BCUT2D eigenvalue weighted by molar-refractivity contribution is 5.89. The van der Waals surface area contributed by atoms with Gasteiger partial charge < -0.3 is 20.9 Å². The maximum atomic E-state index is 14.7. The molecule has 1 atom stereocenters. The van der Waals surface area contributed by atoms with E-state index in [4.69, 9.17) is 0 Å². The van der Waals surface area contributed by atoms with Crippen LogP contribution in [0, 0.1) is 23.5 Å². The minimum Gasteiger partial charge on any atom is -0.367 e. The van der Waals surface area contributed by atoms with Crippen molar-refractivity contribution in [1.29, 1.82) is 0 Å². The number of rotatable bonds is 6. The van der Waals surface area contributed by atoms with Gasteiger partial charge in [-0.1, -0.05) is 12.1 Å². The molecule has 6 nitrogen and oxygen atoms in total. The van der Waals surface area contributed by atoms with Crippen molar-refractivity contribution >= 4 is 28.9 Å². The van der Waals surface area contributed by atoms with Crippen LogP contribution in [-0.4, -0.2) is 37.6 Å². The summed E-state index contributed by atoms with van der Waals surface area (Å²) in [7, 11) is 0. The highest BCUT2D eigenvalue weighted by atomic mass is 19.4. The van der Waals surface area contributed by atoms with E-state index in [9.17, 15) is 31.5 Å². The smallest absolute Gasteiger partial charge is 0.367 e. The quantitative estimate of drug-likeness (QED) is 0.524. The lowest BCUT2D eigenvalue weighted by atomic mass is 9.96. The van der Waals surface area contributed by atoms with E-state index >= 15 is 0 Å². The van der Waals surface area contributed by atoms with Gasteiger partial charge in [-0.15, -0.1) is 0 Å². The molecule has 0 aromatic heterocycles. The van der Waals surface area contributed by atoms with Gasteiger partial charge in [-0.3, -0.25) is 9.59 Å². The molecule has 0 spiro atoms. The molecule has 0 aliphatic carbocycles. The maximum Gasteiger partial charge on any atom is 0.391 e.